The van der Waals surface area contributed by atoms with E-state index >= 15 is 0 Å². The van der Waals surface area contributed by atoms with E-state index in [2.05, 4.69) is 42.2 Å². The van der Waals surface area contributed by atoms with Gasteiger partial charge in [0.1, 0.15) is 0 Å². The summed E-state index contributed by atoms with van der Waals surface area (Å²) in [6.07, 6.45) is 6.83. The van der Waals surface area contributed by atoms with Crippen molar-refractivity contribution in [2.45, 2.75) is 51.7 Å². The molecule has 2 aromatic rings. The molecule has 0 spiro atoms. The average molecular weight is 476 g/mol. The monoisotopic (exact) mass is 475 g/mol. The zero-order valence-electron chi connectivity index (χ0n) is 20.8. The Bertz CT molecular complexity index is 1130. The first-order valence-electron chi connectivity index (χ1n) is 13.1. The molecule has 0 radical (unpaired) electrons. The maximum absolute atomic E-state index is 13.8. The minimum Gasteiger partial charge on any atom is -0.396 e. The highest BCUT2D eigenvalue weighted by molar-refractivity contribution is 5.83. The fourth-order valence-electron chi connectivity index (χ4n) is 6.78. The molecule has 0 saturated carbocycles. The Labute approximate surface area is 207 Å². The standard InChI is InChI=1S/C29H37N3O3/c1-3-8-22-11-12-25-26-23(18-32(25)28(22)34)24(19-33)27(31(26)4-2)29(35)30-15-13-21(14-16-30)17-20-9-6-5-7-10-20/h3,5-12,21,23-24,26-27,33H,4,13-19H2,1-2H3/b8-3-/t23-,24-,26+,27-/m1/s1. The molecule has 2 saturated heterocycles. The molecule has 1 aromatic carbocycles. The number of rotatable bonds is 6. The molecule has 186 valence electrons. The number of allylic oxidation sites excluding steroid dienone is 1. The number of nitrogens with zero attached hydrogens (tertiary/aromatic N) is 3. The van der Waals surface area contributed by atoms with Crippen LogP contribution in [0.15, 0.2) is 53.3 Å². The van der Waals surface area contributed by atoms with Gasteiger partial charge in [0, 0.05) is 49.3 Å². The van der Waals surface area contributed by atoms with Crippen LogP contribution in [-0.2, 0) is 17.8 Å². The minimum atomic E-state index is -0.329. The molecular formula is C29H37N3O3. The summed E-state index contributed by atoms with van der Waals surface area (Å²) in [7, 11) is 0. The SMILES string of the molecule is C/C=C\c1ccc2n(c1=O)C[C@@H]1[C@@H](CO)[C@H](C(=O)N3CCC(Cc4ccccc4)CC3)N(CC)[C@H]21. The molecule has 6 heteroatoms. The highest BCUT2D eigenvalue weighted by Crippen LogP contribution is 2.49. The number of hydrogen-bond donors (Lipinski definition) is 1. The third-order valence-electron chi connectivity index (χ3n) is 8.48. The van der Waals surface area contributed by atoms with Gasteiger partial charge in [0.2, 0.25) is 5.91 Å². The van der Waals surface area contributed by atoms with Crippen molar-refractivity contribution < 1.29 is 9.90 Å². The van der Waals surface area contributed by atoms with Crippen molar-refractivity contribution in [3.8, 4) is 0 Å². The fraction of sp³-hybridized carbons (Fsp3) is 0.517. The van der Waals surface area contributed by atoms with Crippen LogP contribution in [-0.4, -0.2) is 57.7 Å². The van der Waals surface area contributed by atoms with Crippen LogP contribution in [0.25, 0.3) is 6.08 Å². The molecule has 2 fully saturated rings. The van der Waals surface area contributed by atoms with Crippen molar-refractivity contribution in [1.29, 1.82) is 0 Å². The van der Waals surface area contributed by atoms with Crippen LogP contribution in [0.5, 0.6) is 0 Å². The van der Waals surface area contributed by atoms with Crippen molar-refractivity contribution in [3.63, 3.8) is 0 Å². The highest BCUT2D eigenvalue weighted by Gasteiger charge is 2.55. The fourth-order valence-corrected chi connectivity index (χ4v) is 6.78. The molecule has 3 aliphatic heterocycles. The number of benzene rings is 1. The molecule has 0 bridgehead atoms. The van der Waals surface area contributed by atoms with Crippen LogP contribution in [0, 0.1) is 17.8 Å². The summed E-state index contributed by atoms with van der Waals surface area (Å²) in [5.74, 6) is 0.653. The second-order valence-electron chi connectivity index (χ2n) is 10.3. The molecule has 0 aliphatic carbocycles. The maximum Gasteiger partial charge on any atom is 0.258 e. The van der Waals surface area contributed by atoms with Crippen molar-refractivity contribution in [1.82, 2.24) is 14.4 Å². The third kappa shape index (κ3) is 4.27. The highest BCUT2D eigenvalue weighted by atomic mass is 16.3. The van der Waals surface area contributed by atoms with Gasteiger partial charge in [-0.2, -0.15) is 0 Å². The summed E-state index contributed by atoms with van der Waals surface area (Å²) >= 11 is 0. The van der Waals surface area contributed by atoms with Crippen molar-refractivity contribution >= 4 is 12.0 Å². The van der Waals surface area contributed by atoms with Gasteiger partial charge in [-0.15, -0.1) is 0 Å². The van der Waals surface area contributed by atoms with Crippen LogP contribution < -0.4 is 5.56 Å². The van der Waals surface area contributed by atoms with E-state index in [1.165, 1.54) is 5.56 Å². The number of fused-ring (bicyclic) bond motifs is 3. The number of carbonyl (C=O) groups is 1. The summed E-state index contributed by atoms with van der Waals surface area (Å²) in [5.41, 5.74) is 3.05. The first-order valence-corrected chi connectivity index (χ1v) is 13.1. The normalized spacial score (nSPS) is 26.9. The number of aromatic nitrogens is 1. The lowest BCUT2D eigenvalue weighted by Gasteiger charge is -2.37. The lowest BCUT2D eigenvalue weighted by Crippen LogP contribution is -2.52. The van der Waals surface area contributed by atoms with E-state index in [1.807, 2.05) is 40.7 Å². The summed E-state index contributed by atoms with van der Waals surface area (Å²) in [4.78, 5) is 31.2. The van der Waals surface area contributed by atoms with E-state index in [9.17, 15) is 14.7 Å². The van der Waals surface area contributed by atoms with E-state index in [0.717, 1.165) is 38.0 Å². The van der Waals surface area contributed by atoms with Crippen LogP contribution in [0.1, 0.15) is 49.6 Å². The summed E-state index contributed by atoms with van der Waals surface area (Å²) in [5, 5.41) is 10.4. The number of hydrogen-bond acceptors (Lipinski definition) is 4. The van der Waals surface area contributed by atoms with E-state index < -0.39 is 0 Å². The van der Waals surface area contributed by atoms with Crippen LogP contribution in [0.4, 0.5) is 0 Å². The molecule has 0 unspecified atom stereocenters. The molecule has 1 amide bonds. The average Bonchev–Trinajstić information content (AvgIpc) is 3.41. The molecule has 6 nitrogen and oxygen atoms in total. The van der Waals surface area contributed by atoms with Crippen LogP contribution in [0.3, 0.4) is 0 Å². The number of likely N-dealkylation sites (N-methyl/N-ethyl adjacent to an activating group) is 1. The Kier molecular flexibility index (Phi) is 6.94. The van der Waals surface area contributed by atoms with Gasteiger partial charge in [-0.05, 0) is 56.3 Å². The molecule has 4 atom stereocenters. The van der Waals surface area contributed by atoms with E-state index in [0.29, 0.717) is 24.6 Å². The Hall–Kier alpha value is -2.70. The number of pyridine rings is 1. The van der Waals surface area contributed by atoms with Crippen LogP contribution in [0.2, 0.25) is 0 Å². The molecule has 1 aromatic heterocycles. The van der Waals surface area contributed by atoms with Gasteiger partial charge in [-0.3, -0.25) is 14.5 Å². The Balaban J connectivity index is 1.33. The zero-order chi connectivity index (χ0) is 24.5. The zero-order valence-corrected chi connectivity index (χ0v) is 20.8. The predicted molar refractivity (Wildman–Crippen MR) is 138 cm³/mol. The van der Waals surface area contributed by atoms with Gasteiger partial charge in [-0.25, -0.2) is 0 Å². The summed E-state index contributed by atoms with van der Waals surface area (Å²) < 4.78 is 1.87. The van der Waals surface area contributed by atoms with E-state index in [1.54, 1.807) is 0 Å². The van der Waals surface area contributed by atoms with Gasteiger partial charge in [0.25, 0.3) is 5.56 Å². The number of aliphatic hydroxyl groups excluding tert-OH is 1. The minimum absolute atomic E-state index is 0.00549. The number of amides is 1. The maximum atomic E-state index is 13.8. The third-order valence-corrected chi connectivity index (χ3v) is 8.48. The molecule has 35 heavy (non-hydrogen) atoms. The topological polar surface area (TPSA) is 65.8 Å². The second kappa shape index (κ2) is 10.1. The first kappa shape index (κ1) is 24.0. The van der Waals surface area contributed by atoms with Crippen molar-refractivity contribution in [2.75, 3.05) is 26.2 Å². The van der Waals surface area contributed by atoms with Gasteiger partial charge in [-0.1, -0.05) is 49.4 Å². The number of aliphatic hydroxyl groups is 1. The number of piperidine rings is 1. The Morgan fingerprint density at radius 3 is 2.51 bits per heavy atom. The molecular weight excluding hydrogens is 438 g/mol. The lowest BCUT2D eigenvalue weighted by atomic mass is 9.86. The predicted octanol–water partition coefficient (Wildman–Crippen LogP) is 3.35. The van der Waals surface area contributed by atoms with Crippen molar-refractivity contribution in [2.24, 2.45) is 17.8 Å². The first-order chi connectivity index (χ1) is 17.1. The molecule has 1 N–H and O–H groups in total. The van der Waals surface area contributed by atoms with Gasteiger partial charge >= 0.3 is 0 Å². The quantitative estimate of drug-likeness (QED) is 0.696. The lowest BCUT2D eigenvalue weighted by molar-refractivity contribution is -0.139. The molecule has 3 aliphatic rings. The van der Waals surface area contributed by atoms with E-state index in [4.69, 9.17) is 0 Å². The van der Waals surface area contributed by atoms with Crippen molar-refractivity contribution in [3.05, 3.63) is 75.7 Å². The molecule has 4 heterocycles. The number of carbonyl (C=O) groups excluding carboxylic acids is 1. The van der Waals surface area contributed by atoms with E-state index in [-0.39, 0.29) is 42.0 Å². The van der Waals surface area contributed by atoms with Gasteiger partial charge in [0.15, 0.2) is 0 Å². The Morgan fingerprint density at radius 1 is 1.11 bits per heavy atom. The van der Waals surface area contributed by atoms with Crippen LogP contribution >= 0.6 is 0 Å². The molecule has 5 rings (SSSR count). The summed E-state index contributed by atoms with van der Waals surface area (Å²) in [6.45, 7) is 6.79. The number of likely N-dealkylation sites (tertiary alicyclic amines) is 2. The van der Waals surface area contributed by atoms with Gasteiger partial charge in [0.05, 0.1) is 12.1 Å². The summed E-state index contributed by atoms with van der Waals surface area (Å²) in [6, 6.07) is 14.2. The van der Waals surface area contributed by atoms with Gasteiger partial charge < -0.3 is 14.6 Å². The smallest absolute Gasteiger partial charge is 0.258 e. The second-order valence-corrected chi connectivity index (χ2v) is 10.3. The largest absolute Gasteiger partial charge is 0.396 e. The Morgan fingerprint density at radius 2 is 1.86 bits per heavy atom.